The molecule has 0 radical (unpaired) electrons. The molecule has 1 atom stereocenters. The molecule has 1 amide bonds. The van der Waals surface area contributed by atoms with Gasteiger partial charge < -0.3 is 29.0 Å². The van der Waals surface area contributed by atoms with Crippen molar-refractivity contribution >= 4 is 17.4 Å². The Bertz CT molecular complexity index is 1320. The second-order valence-corrected chi connectivity index (χ2v) is 8.75. The fraction of sp³-hybridized carbons (Fsp3) is 0.267. The van der Waals surface area contributed by atoms with E-state index in [1.165, 1.54) is 19.1 Å². The summed E-state index contributed by atoms with van der Waals surface area (Å²) in [6.07, 6.45) is 0.521. The van der Waals surface area contributed by atoms with Crippen LogP contribution in [0.5, 0.6) is 17.2 Å². The normalized spacial score (nSPS) is 16.5. The molecule has 0 saturated carbocycles. The van der Waals surface area contributed by atoms with Gasteiger partial charge in [-0.3, -0.25) is 9.59 Å². The number of Topliss-reactive ketones (excluding diaryl/α,β-unsaturated/α-hetero) is 1. The highest BCUT2D eigenvalue weighted by Gasteiger charge is 2.46. The molecule has 0 bridgehead atoms. The van der Waals surface area contributed by atoms with Gasteiger partial charge in [-0.25, -0.2) is 0 Å². The van der Waals surface area contributed by atoms with E-state index in [0.717, 1.165) is 5.56 Å². The summed E-state index contributed by atoms with van der Waals surface area (Å²) in [5, 5.41) is 11.5. The van der Waals surface area contributed by atoms with Gasteiger partial charge in [0.1, 0.15) is 29.6 Å². The molecule has 1 fully saturated rings. The molecule has 3 aromatic rings. The number of rotatable bonds is 11. The van der Waals surface area contributed by atoms with Crippen LogP contribution < -0.4 is 14.2 Å². The van der Waals surface area contributed by atoms with Crippen molar-refractivity contribution in [1.82, 2.24) is 4.90 Å². The number of nitrogens with zero attached hydrogens (tertiary/aromatic N) is 1. The number of ether oxygens (including phenoxy) is 4. The molecule has 3 aromatic carbocycles. The fourth-order valence-electron chi connectivity index (χ4n) is 4.50. The first-order chi connectivity index (χ1) is 18.5. The largest absolute Gasteiger partial charge is 0.507 e. The van der Waals surface area contributed by atoms with E-state index < -0.39 is 17.7 Å². The van der Waals surface area contributed by atoms with E-state index >= 15 is 0 Å². The number of benzene rings is 3. The summed E-state index contributed by atoms with van der Waals surface area (Å²) in [4.78, 5) is 28.0. The second-order valence-electron chi connectivity index (χ2n) is 8.75. The number of amides is 1. The van der Waals surface area contributed by atoms with Crippen molar-refractivity contribution in [3.8, 4) is 17.2 Å². The fourth-order valence-corrected chi connectivity index (χ4v) is 4.50. The van der Waals surface area contributed by atoms with Crippen LogP contribution in [0.25, 0.3) is 5.76 Å². The van der Waals surface area contributed by atoms with E-state index in [1.54, 1.807) is 37.4 Å². The number of hydrogen-bond acceptors (Lipinski definition) is 7. The Morgan fingerprint density at radius 2 is 1.68 bits per heavy atom. The molecule has 8 heteroatoms. The van der Waals surface area contributed by atoms with Crippen molar-refractivity contribution in [2.45, 2.75) is 19.1 Å². The van der Waals surface area contributed by atoms with Gasteiger partial charge in [0.25, 0.3) is 11.7 Å². The Hall–Kier alpha value is -4.30. The zero-order valence-corrected chi connectivity index (χ0v) is 21.7. The van der Waals surface area contributed by atoms with Crippen molar-refractivity contribution in [3.63, 3.8) is 0 Å². The molecule has 1 heterocycles. The highest BCUT2D eigenvalue weighted by molar-refractivity contribution is 6.46. The number of carbonyl (C=O) groups is 2. The van der Waals surface area contributed by atoms with Crippen LogP contribution in [0.2, 0.25) is 0 Å². The number of methoxy groups -OCH3 is 3. The topological polar surface area (TPSA) is 94.5 Å². The van der Waals surface area contributed by atoms with Gasteiger partial charge in [-0.05, 0) is 47.9 Å². The first-order valence-electron chi connectivity index (χ1n) is 12.2. The average molecular weight is 518 g/mol. The maximum absolute atomic E-state index is 13.4. The first-order valence-corrected chi connectivity index (χ1v) is 12.2. The lowest BCUT2D eigenvalue weighted by Crippen LogP contribution is -2.31. The van der Waals surface area contributed by atoms with Crippen molar-refractivity contribution < 1.29 is 33.6 Å². The third kappa shape index (κ3) is 5.65. The van der Waals surface area contributed by atoms with Crippen molar-refractivity contribution in [2.75, 3.05) is 34.5 Å². The SMILES string of the molecule is COCCCN1C(=O)C(=O)/C(=C(/O)c2cc(OC)ccc2OC)C1c1cccc(OCc2ccccc2)c1. The monoisotopic (exact) mass is 517 g/mol. The Morgan fingerprint density at radius 3 is 2.39 bits per heavy atom. The predicted octanol–water partition coefficient (Wildman–Crippen LogP) is 4.74. The lowest BCUT2D eigenvalue weighted by Gasteiger charge is -2.26. The van der Waals surface area contributed by atoms with Crippen LogP contribution in [0, 0.1) is 0 Å². The molecule has 0 aliphatic carbocycles. The van der Waals surface area contributed by atoms with Crippen LogP contribution in [0.15, 0.2) is 78.4 Å². The summed E-state index contributed by atoms with van der Waals surface area (Å²) < 4.78 is 21.9. The maximum Gasteiger partial charge on any atom is 0.295 e. The van der Waals surface area contributed by atoms with Crippen molar-refractivity contribution in [1.29, 1.82) is 0 Å². The van der Waals surface area contributed by atoms with Gasteiger partial charge in [0.15, 0.2) is 0 Å². The minimum absolute atomic E-state index is 0.0285. The summed E-state index contributed by atoms with van der Waals surface area (Å²) >= 11 is 0. The van der Waals surface area contributed by atoms with Gasteiger partial charge in [0.05, 0.1) is 31.4 Å². The van der Waals surface area contributed by atoms with E-state index in [4.69, 9.17) is 18.9 Å². The highest BCUT2D eigenvalue weighted by atomic mass is 16.5. The molecule has 8 nitrogen and oxygen atoms in total. The average Bonchev–Trinajstić information content (AvgIpc) is 3.21. The summed E-state index contributed by atoms with van der Waals surface area (Å²) in [5.74, 6) is -0.417. The first kappa shape index (κ1) is 26.8. The zero-order chi connectivity index (χ0) is 27.1. The highest BCUT2D eigenvalue weighted by Crippen LogP contribution is 2.42. The molecule has 4 rings (SSSR count). The molecular weight excluding hydrogens is 486 g/mol. The quantitative estimate of drug-likeness (QED) is 0.170. The van der Waals surface area contributed by atoms with Crippen LogP contribution in [0.4, 0.5) is 0 Å². The van der Waals surface area contributed by atoms with Crippen molar-refractivity contribution in [2.24, 2.45) is 0 Å². The standard InChI is InChI=1S/C30H31NO7/c1-35-16-8-15-31-27(21-11-7-12-23(17-21)38-19-20-9-5-4-6-10-20)26(29(33)30(31)34)28(32)24-18-22(36-2)13-14-25(24)37-3/h4-7,9-14,17-18,27,32H,8,15-16,19H2,1-3H3/b28-26+. The summed E-state index contributed by atoms with van der Waals surface area (Å²) in [6, 6.07) is 21.0. The lowest BCUT2D eigenvalue weighted by atomic mass is 9.94. The third-order valence-electron chi connectivity index (χ3n) is 6.37. The third-order valence-corrected chi connectivity index (χ3v) is 6.37. The summed E-state index contributed by atoms with van der Waals surface area (Å²) in [6.45, 7) is 1.04. The van der Waals surface area contributed by atoms with E-state index in [1.807, 2.05) is 42.5 Å². The Balaban J connectivity index is 1.78. The Kier molecular flexibility index (Phi) is 8.66. The predicted molar refractivity (Wildman–Crippen MR) is 142 cm³/mol. The van der Waals surface area contributed by atoms with Crippen LogP contribution in [0.1, 0.15) is 29.2 Å². The number of ketones is 1. The number of carbonyl (C=O) groups excluding carboxylic acids is 2. The van der Waals surface area contributed by atoms with E-state index in [9.17, 15) is 14.7 Å². The van der Waals surface area contributed by atoms with E-state index in [2.05, 4.69) is 0 Å². The lowest BCUT2D eigenvalue weighted by molar-refractivity contribution is -0.140. The molecule has 1 N–H and O–H groups in total. The van der Waals surface area contributed by atoms with Gasteiger partial charge in [-0.2, -0.15) is 0 Å². The molecule has 0 aromatic heterocycles. The Labute approximate surface area is 222 Å². The van der Waals surface area contributed by atoms with Gasteiger partial charge in [-0.15, -0.1) is 0 Å². The molecule has 198 valence electrons. The zero-order valence-electron chi connectivity index (χ0n) is 21.7. The molecule has 38 heavy (non-hydrogen) atoms. The van der Waals surface area contributed by atoms with Crippen LogP contribution in [-0.2, 0) is 20.9 Å². The number of aliphatic hydroxyl groups is 1. The van der Waals surface area contributed by atoms with Crippen LogP contribution in [-0.4, -0.2) is 56.2 Å². The number of aliphatic hydroxyl groups excluding tert-OH is 1. The summed E-state index contributed by atoms with van der Waals surface area (Å²) in [7, 11) is 4.54. The molecule has 1 saturated heterocycles. The molecular formula is C30H31NO7. The molecule has 0 spiro atoms. The van der Waals surface area contributed by atoms with Crippen molar-refractivity contribution in [3.05, 3.63) is 95.1 Å². The Morgan fingerprint density at radius 1 is 0.895 bits per heavy atom. The number of hydrogen-bond donors (Lipinski definition) is 1. The minimum atomic E-state index is -0.831. The van der Waals surface area contributed by atoms with Gasteiger partial charge >= 0.3 is 0 Å². The van der Waals surface area contributed by atoms with Gasteiger partial charge in [0.2, 0.25) is 0 Å². The molecule has 1 unspecified atom stereocenters. The second kappa shape index (κ2) is 12.3. The molecule has 1 aliphatic rings. The van der Waals surface area contributed by atoms with Crippen LogP contribution in [0.3, 0.4) is 0 Å². The maximum atomic E-state index is 13.4. The summed E-state index contributed by atoms with van der Waals surface area (Å²) in [5.41, 5.74) is 1.87. The van der Waals surface area contributed by atoms with E-state index in [-0.39, 0.29) is 23.4 Å². The number of likely N-dealkylation sites (tertiary alicyclic amines) is 1. The molecule has 1 aliphatic heterocycles. The minimum Gasteiger partial charge on any atom is -0.507 e. The van der Waals surface area contributed by atoms with E-state index in [0.29, 0.717) is 42.4 Å². The van der Waals surface area contributed by atoms with Gasteiger partial charge in [0, 0.05) is 20.3 Å². The smallest absolute Gasteiger partial charge is 0.295 e. The van der Waals surface area contributed by atoms with Crippen LogP contribution >= 0.6 is 0 Å². The van der Waals surface area contributed by atoms with Gasteiger partial charge in [-0.1, -0.05) is 42.5 Å².